The van der Waals surface area contributed by atoms with Crippen molar-refractivity contribution in [3.8, 4) is 22.6 Å². The molecule has 1 heterocycles. The third-order valence-electron chi connectivity index (χ3n) is 7.34. The topological polar surface area (TPSA) is 84.8 Å². The van der Waals surface area contributed by atoms with Crippen LogP contribution in [0.5, 0.6) is 11.5 Å². The Hall–Kier alpha value is -4.60. The summed E-state index contributed by atoms with van der Waals surface area (Å²) in [5.74, 6) is 0.511. The van der Waals surface area contributed by atoms with Crippen molar-refractivity contribution in [3.05, 3.63) is 99.9 Å². The predicted octanol–water partition coefficient (Wildman–Crippen LogP) is 8.25. The number of carbonyl (C=O) groups is 1. The largest absolute Gasteiger partial charge is 0.493 e. The Morgan fingerprint density at radius 1 is 0.867 bits per heavy atom. The van der Waals surface area contributed by atoms with Crippen molar-refractivity contribution in [2.45, 2.75) is 66.7 Å². The van der Waals surface area contributed by atoms with Crippen LogP contribution in [-0.2, 0) is 24.1 Å². The summed E-state index contributed by atoms with van der Waals surface area (Å²) in [7, 11) is 0. The highest BCUT2D eigenvalue weighted by Crippen LogP contribution is 2.37. The number of carboxylic acids is 1. The molecule has 0 fully saturated rings. The third kappa shape index (κ3) is 8.97. The van der Waals surface area contributed by atoms with Gasteiger partial charge in [-0.05, 0) is 93.1 Å². The zero-order valence-electron chi connectivity index (χ0n) is 26.2. The van der Waals surface area contributed by atoms with Gasteiger partial charge in [-0.15, -0.1) is 0 Å². The van der Waals surface area contributed by atoms with Crippen molar-refractivity contribution in [3.63, 3.8) is 0 Å². The fourth-order valence-electron chi connectivity index (χ4n) is 5.09. The lowest BCUT2D eigenvalue weighted by Gasteiger charge is -2.26. The molecule has 0 aliphatic rings. The minimum absolute atomic E-state index is 0.0205. The first kappa shape index (κ1) is 33.3. The van der Waals surface area contributed by atoms with E-state index in [9.17, 15) is 18.0 Å². The molecule has 7 nitrogen and oxygen atoms in total. The second-order valence-corrected chi connectivity index (χ2v) is 11.2. The van der Waals surface area contributed by atoms with Crippen molar-refractivity contribution in [1.82, 2.24) is 9.97 Å². The van der Waals surface area contributed by atoms with Crippen LogP contribution in [0.1, 0.15) is 58.7 Å². The van der Waals surface area contributed by atoms with Gasteiger partial charge >= 0.3 is 12.1 Å². The average molecular weight is 622 g/mol. The number of benzene rings is 3. The van der Waals surface area contributed by atoms with Gasteiger partial charge in [-0.1, -0.05) is 35.4 Å². The molecular formula is C35H38F3N3O4. The number of halogens is 3. The summed E-state index contributed by atoms with van der Waals surface area (Å²) in [6, 6.07) is 14.3. The van der Waals surface area contributed by atoms with E-state index in [0.29, 0.717) is 42.4 Å². The lowest BCUT2D eigenvalue weighted by Crippen LogP contribution is -2.25. The van der Waals surface area contributed by atoms with E-state index < -0.39 is 17.7 Å². The lowest BCUT2D eigenvalue weighted by atomic mass is 9.92. The van der Waals surface area contributed by atoms with Gasteiger partial charge < -0.3 is 19.5 Å². The molecule has 0 saturated carbocycles. The van der Waals surface area contributed by atoms with E-state index in [1.807, 2.05) is 44.7 Å². The first-order valence-corrected chi connectivity index (χ1v) is 14.8. The maximum atomic E-state index is 13.7. The highest BCUT2D eigenvalue weighted by Gasteiger charge is 2.31. The van der Waals surface area contributed by atoms with E-state index in [2.05, 4.69) is 28.2 Å². The lowest BCUT2D eigenvalue weighted by molar-refractivity contribution is -0.138. The fraction of sp³-hybridized carbons (Fsp3) is 0.343. The van der Waals surface area contributed by atoms with E-state index in [1.54, 1.807) is 13.0 Å². The molecular weight excluding hydrogens is 583 g/mol. The van der Waals surface area contributed by atoms with E-state index in [-0.39, 0.29) is 19.6 Å². The number of anilines is 1. The van der Waals surface area contributed by atoms with E-state index in [1.165, 1.54) is 12.4 Å². The Morgan fingerprint density at radius 3 is 2.24 bits per heavy atom. The number of nitrogens with zero attached hydrogens (tertiary/aromatic N) is 3. The van der Waals surface area contributed by atoms with Gasteiger partial charge in [0.25, 0.3) is 0 Å². The van der Waals surface area contributed by atoms with E-state index in [0.717, 1.165) is 51.3 Å². The molecule has 0 spiro atoms. The highest BCUT2D eigenvalue weighted by atomic mass is 19.4. The number of alkyl halides is 3. The molecule has 0 aliphatic heterocycles. The normalized spacial score (nSPS) is 11.4. The summed E-state index contributed by atoms with van der Waals surface area (Å²) in [6.07, 6.45) is -1.20. The van der Waals surface area contributed by atoms with Crippen LogP contribution < -0.4 is 14.4 Å². The summed E-state index contributed by atoms with van der Waals surface area (Å²) in [4.78, 5) is 21.7. The van der Waals surface area contributed by atoms with Gasteiger partial charge in [0.2, 0.25) is 5.95 Å². The van der Waals surface area contributed by atoms with Crippen molar-refractivity contribution in [1.29, 1.82) is 0 Å². The number of rotatable bonds is 13. The van der Waals surface area contributed by atoms with Gasteiger partial charge in [0.05, 0.1) is 31.2 Å². The van der Waals surface area contributed by atoms with Gasteiger partial charge in [0.15, 0.2) is 5.75 Å². The van der Waals surface area contributed by atoms with Crippen LogP contribution in [0.15, 0.2) is 60.9 Å². The molecule has 3 aromatic carbocycles. The minimum Gasteiger partial charge on any atom is -0.493 e. The molecule has 0 unspecified atom stereocenters. The number of hydrogen-bond acceptors (Lipinski definition) is 6. The SMILES string of the molecule is CCOc1ccc(C)cc1-c1cc(C)c(C)cc1CN(Cc1cc(C)cc(C(F)(F)F)c1)c1ncc(OCCCC(=O)O)cn1. The molecule has 1 aromatic heterocycles. The molecule has 238 valence electrons. The summed E-state index contributed by atoms with van der Waals surface area (Å²) in [5, 5.41) is 8.85. The zero-order valence-corrected chi connectivity index (χ0v) is 26.2. The Kier molecular flexibility index (Phi) is 10.7. The standard InChI is InChI=1S/C35H38F3N3O4/c1-6-44-32-10-9-22(2)14-31(32)30-16-25(5)24(4)15-27(30)21-41(20-26-12-23(3)13-28(17-26)35(36,37)38)34-39-18-29(19-40-34)45-11-7-8-33(42)43/h9-10,12-19H,6-8,11,20-21H2,1-5H3,(H,42,43). The highest BCUT2D eigenvalue weighted by molar-refractivity contribution is 5.75. The van der Waals surface area contributed by atoms with Crippen LogP contribution in [-0.4, -0.2) is 34.3 Å². The minimum atomic E-state index is -4.48. The second-order valence-electron chi connectivity index (χ2n) is 11.2. The summed E-state index contributed by atoms with van der Waals surface area (Å²) in [6.45, 7) is 10.7. The monoisotopic (exact) mass is 621 g/mol. The predicted molar refractivity (Wildman–Crippen MR) is 168 cm³/mol. The molecule has 1 N–H and O–H groups in total. The Labute approximate surface area is 261 Å². The molecule has 0 saturated heterocycles. The molecule has 0 atom stereocenters. The van der Waals surface area contributed by atoms with Crippen molar-refractivity contribution in [2.24, 2.45) is 0 Å². The average Bonchev–Trinajstić information content (AvgIpc) is 2.97. The molecule has 4 rings (SSSR count). The Balaban J connectivity index is 1.76. The molecule has 0 aliphatic carbocycles. The summed E-state index contributed by atoms with van der Waals surface area (Å²) >= 11 is 0. The Bertz CT molecular complexity index is 1640. The summed E-state index contributed by atoms with van der Waals surface area (Å²) < 4.78 is 52.8. The zero-order chi connectivity index (χ0) is 32.7. The number of aromatic nitrogens is 2. The smallest absolute Gasteiger partial charge is 0.416 e. The number of hydrogen-bond donors (Lipinski definition) is 1. The van der Waals surface area contributed by atoms with Crippen LogP contribution >= 0.6 is 0 Å². The molecule has 4 aromatic rings. The molecule has 45 heavy (non-hydrogen) atoms. The van der Waals surface area contributed by atoms with Gasteiger partial charge in [-0.3, -0.25) is 4.79 Å². The quantitative estimate of drug-likeness (QED) is 0.151. The van der Waals surface area contributed by atoms with Crippen LogP contribution in [0.25, 0.3) is 11.1 Å². The summed E-state index contributed by atoms with van der Waals surface area (Å²) in [5.41, 5.74) is 6.30. The van der Waals surface area contributed by atoms with Crippen molar-refractivity contribution < 1.29 is 32.5 Å². The molecule has 0 radical (unpaired) electrons. The fourth-order valence-corrected chi connectivity index (χ4v) is 5.09. The molecule has 10 heteroatoms. The van der Waals surface area contributed by atoms with Gasteiger partial charge in [-0.2, -0.15) is 13.2 Å². The maximum absolute atomic E-state index is 13.7. The van der Waals surface area contributed by atoms with Crippen LogP contribution in [0.3, 0.4) is 0 Å². The third-order valence-corrected chi connectivity index (χ3v) is 7.34. The number of aryl methyl sites for hydroxylation is 4. The van der Waals surface area contributed by atoms with Crippen LogP contribution in [0.4, 0.5) is 19.1 Å². The Morgan fingerprint density at radius 2 is 1.58 bits per heavy atom. The second kappa shape index (κ2) is 14.5. The van der Waals surface area contributed by atoms with E-state index in [4.69, 9.17) is 14.6 Å². The first-order valence-electron chi connectivity index (χ1n) is 14.8. The van der Waals surface area contributed by atoms with Gasteiger partial charge in [0.1, 0.15) is 5.75 Å². The maximum Gasteiger partial charge on any atom is 0.416 e. The van der Waals surface area contributed by atoms with Gasteiger partial charge in [0, 0.05) is 25.1 Å². The molecule has 0 bridgehead atoms. The number of ether oxygens (including phenoxy) is 2. The number of aliphatic carboxylic acids is 1. The van der Waals surface area contributed by atoms with Crippen molar-refractivity contribution >= 4 is 11.9 Å². The van der Waals surface area contributed by atoms with Crippen LogP contribution in [0, 0.1) is 27.7 Å². The van der Waals surface area contributed by atoms with Crippen molar-refractivity contribution in [2.75, 3.05) is 18.1 Å². The van der Waals surface area contributed by atoms with Crippen LogP contribution in [0.2, 0.25) is 0 Å². The first-order chi connectivity index (χ1) is 21.3. The van der Waals surface area contributed by atoms with Gasteiger partial charge in [-0.25, -0.2) is 9.97 Å². The number of carboxylic acid groups (broad SMARTS) is 1. The van der Waals surface area contributed by atoms with E-state index >= 15 is 0 Å². The molecule has 0 amide bonds.